The average Bonchev–Trinajstić information content (AvgIpc) is 2.20. The lowest BCUT2D eigenvalue weighted by molar-refractivity contribution is -0.329. The molecule has 0 aromatic rings. The molecule has 0 saturated carbocycles. The van der Waals surface area contributed by atoms with E-state index in [0.717, 1.165) is 11.1 Å². The van der Waals surface area contributed by atoms with Crippen LogP contribution in [0.15, 0.2) is 23.3 Å². The summed E-state index contributed by atoms with van der Waals surface area (Å²) in [6.45, 7) is 7.22. The predicted molar refractivity (Wildman–Crippen MR) is 62.8 cm³/mol. The Morgan fingerprint density at radius 3 is 2.06 bits per heavy atom. The van der Waals surface area contributed by atoms with Gasteiger partial charge in [-0.1, -0.05) is 30.2 Å². The number of carboxylic acid groups (broad SMARTS) is 2. The van der Waals surface area contributed by atoms with Gasteiger partial charge in [-0.25, -0.2) is 0 Å². The van der Waals surface area contributed by atoms with Crippen molar-refractivity contribution in [3.8, 4) is 0 Å². The molecule has 1 aliphatic rings. The molecule has 0 bridgehead atoms. The number of rotatable bonds is 3. The van der Waals surface area contributed by atoms with Gasteiger partial charge in [-0.3, -0.25) is 0 Å². The van der Waals surface area contributed by atoms with Crippen LogP contribution in [-0.2, 0) is 9.59 Å². The molecule has 0 saturated heterocycles. The first kappa shape index (κ1) is 14.5. The van der Waals surface area contributed by atoms with Crippen LogP contribution in [0.1, 0.15) is 27.7 Å². The van der Waals surface area contributed by atoms with E-state index in [1.807, 2.05) is 26.8 Å². The van der Waals surface area contributed by atoms with E-state index in [9.17, 15) is 19.8 Å². The topological polar surface area (TPSA) is 80.3 Å². The van der Waals surface area contributed by atoms with Crippen molar-refractivity contribution in [2.45, 2.75) is 27.7 Å². The lowest BCUT2D eigenvalue weighted by atomic mass is 9.67. The fraction of sp³-hybridized carbons (Fsp3) is 0.571. The standard InChI is InChI=1S/C14H20O4/c1-7(2)5-10-6-8(3)9(4)11(13(15)16)12(10)14(17)18/h5-6,9-12H,1-4H3,(H,15,16)(H,17,18)/p-2/t9-,10-,11+,12-/m1/s1. The molecule has 0 spiro atoms. The minimum atomic E-state index is -1.33. The molecule has 0 aliphatic heterocycles. The Labute approximate surface area is 107 Å². The Morgan fingerprint density at radius 2 is 1.67 bits per heavy atom. The van der Waals surface area contributed by atoms with Gasteiger partial charge in [0.2, 0.25) is 0 Å². The maximum atomic E-state index is 11.3. The van der Waals surface area contributed by atoms with Crippen molar-refractivity contribution >= 4 is 11.9 Å². The quantitative estimate of drug-likeness (QED) is 0.655. The smallest absolute Gasteiger partial charge is 0.0461 e. The van der Waals surface area contributed by atoms with Crippen LogP contribution in [0.25, 0.3) is 0 Å². The summed E-state index contributed by atoms with van der Waals surface area (Å²) in [4.78, 5) is 22.5. The third kappa shape index (κ3) is 2.81. The molecular weight excluding hydrogens is 232 g/mol. The Hall–Kier alpha value is -1.58. The molecule has 1 aliphatic carbocycles. The van der Waals surface area contributed by atoms with Crippen molar-refractivity contribution < 1.29 is 19.8 Å². The number of allylic oxidation sites excluding steroid dienone is 4. The summed E-state index contributed by atoms with van der Waals surface area (Å²) < 4.78 is 0. The van der Waals surface area contributed by atoms with Gasteiger partial charge in [-0.15, -0.1) is 0 Å². The molecule has 4 atom stereocenters. The highest BCUT2D eigenvalue weighted by Gasteiger charge is 2.37. The molecule has 0 heterocycles. The Kier molecular flexibility index (Phi) is 4.33. The van der Waals surface area contributed by atoms with Crippen molar-refractivity contribution in [1.82, 2.24) is 0 Å². The van der Waals surface area contributed by atoms with Gasteiger partial charge in [0.15, 0.2) is 0 Å². The van der Waals surface area contributed by atoms with E-state index in [1.165, 1.54) is 0 Å². The zero-order valence-electron chi connectivity index (χ0n) is 11.1. The van der Waals surface area contributed by atoms with E-state index in [-0.39, 0.29) is 5.92 Å². The van der Waals surface area contributed by atoms with Gasteiger partial charge >= 0.3 is 0 Å². The summed E-state index contributed by atoms with van der Waals surface area (Å²) in [5, 5.41) is 22.5. The van der Waals surface area contributed by atoms with E-state index in [0.29, 0.717) is 0 Å². The monoisotopic (exact) mass is 250 g/mol. The van der Waals surface area contributed by atoms with Gasteiger partial charge in [0.1, 0.15) is 0 Å². The molecule has 0 amide bonds. The molecule has 4 heteroatoms. The van der Waals surface area contributed by atoms with Crippen LogP contribution < -0.4 is 10.2 Å². The Morgan fingerprint density at radius 1 is 1.17 bits per heavy atom. The summed E-state index contributed by atoms with van der Waals surface area (Å²) in [5.41, 5.74) is 1.83. The SMILES string of the molecule is CC(C)=C[C@@H]1C=C(C)[C@@H](C)[C@H](C(=O)[O-])[C@@H]1C(=O)[O-]. The Balaban J connectivity index is 3.29. The summed E-state index contributed by atoms with van der Waals surface area (Å²) in [5.74, 6) is -5.55. The van der Waals surface area contributed by atoms with E-state index >= 15 is 0 Å². The van der Waals surface area contributed by atoms with E-state index in [1.54, 1.807) is 13.0 Å². The fourth-order valence-electron chi connectivity index (χ4n) is 2.58. The average molecular weight is 250 g/mol. The van der Waals surface area contributed by atoms with Crippen LogP contribution in [-0.4, -0.2) is 11.9 Å². The van der Waals surface area contributed by atoms with Gasteiger partial charge in [-0.2, -0.15) is 0 Å². The Bertz CT molecular complexity index is 416. The van der Waals surface area contributed by atoms with Crippen molar-refractivity contribution in [1.29, 1.82) is 0 Å². The number of carbonyl (C=O) groups is 2. The number of carbonyl (C=O) groups excluding carboxylic acids is 2. The first-order valence-corrected chi connectivity index (χ1v) is 6.00. The number of aliphatic carboxylic acids is 2. The number of hydrogen-bond acceptors (Lipinski definition) is 4. The van der Waals surface area contributed by atoms with Gasteiger partial charge in [-0.05, 0) is 26.7 Å². The molecule has 4 nitrogen and oxygen atoms in total. The van der Waals surface area contributed by atoms with Crippen LogP contribution in [0.3, 0.4) is 0 Å². The lowest BCUT2D eigenvalue weighted by Crippen LogP contribution is -2.50. The van der Waals surface area contributed by atoms with Crippen molar-refractivity contribution in [3.63, 3.8) is 0 Å². The molecule has 0 aromatic carbocycles. The highest BCUT2D eigenvalue weighted by molar-refractivity contribution is 5.80. The first-order valence-electron chi connectivity index (χ1n) is 6.00. The molecule has 100 valence electrons. The molecule has 0 fully saturated rings. The summed E-state index contributed by atoms with van der Waals surface area (Å²) in [7, 11) is 0. The molecule has 0 unspecified atom stereocenters. The molecule has 18 heavy (non-hydrogen) atoms. The van der Waals surface area contributed by atoms with Crippen LogP contribution in [0, 0.1) is 23.7 Å². The van der Waals surface area contributed by atoms with Crippen LogP contribution in [0.2, 0.25) is 0 Å². The van der Waals surface area contributed by atoms with Gasteiger partial charge in [0.05, 0.1) is 0 Å². The van der Waals surface area contributed by atoms with Gasteiger partial charge in [0, 0.05) is 29.7 Å². The molecule has 0 aromatic heterocycles. The zero-order chi connectivity index (χ0) is 14.0. The lowest BCUT2D eigenvalue weighted by Gasteiger charge is -2.41. The fourth-order valence-corrected chi connectivity index (χ4v) is 2.58. The second-order valence-electron chi connectivity index (χ2n) is 5.21. The first-order chi connectivity index (χ1) is 8.25. The van der Waals surface area contributed by atoms with Crippen molar-refractivity contribution in [2.75, 3.05) is 0 Å². The molecule has 0 radical (unpaired) electrons. The zero-order valence-corrected chi connectivity index (χ0v) is 11.1. The summed E-state index contributed by atoms with van der Waals surface area (Å²) in [6.07, 6.45) is 3.59. The van der Waals surface area contributed by atoms with Crippen molar-refractivity contribution in [3.05, 3.63) is 23.3 Å². The van der Waals surface area contributed by atoms with Crippen molar-refractivity contribution in [2.24, 2.45) is 23.7 Å². The number of carboxylic acids is 2. The van der Waals surface area contributed by atoms with E-state index in [4.69, 9.17) is 0 Å². The second kappa shape index (κ2) is 5.38. The largest absolute Gasteiger partial charge is 0.550 e. The van der Waals surface area contributed by atoms with Crippen LogP contribution in [0.4, 0.5) is 0 Å². The van der Waals surface area contributed by atoms with Gasteiger partial charge in [0.25, 0.3) is 0 Å². The third-order valence-corrected chi connectivity index (χ3v) is 3.58. The van der Waals surface area contributed by atoms with E-state index < -0.39 is 29.7 Å². The predicted octanol–water partition coefficient (Wildman–Crippen LogP) is -0.103. The second-order valence-corrected chi connectivity index (χ2v) is 5.21. The number of hydrogen-bond donors (Lipinski definition) is 0. The van der Waals surface area contributed by atoms with E-state index in [2.05, 4.69) is 0 Å². The van der Waals surface area contributed by atoms with Crippen LogP contribution >= 0.6 is 0 Å². The third-order valence-electron chi connectivity index (χ3n) is 3.58. The van der Waals surface area contributed by atoms with Crippen LogP contribution in [0.5, 0.6) is 0 Å². The highest BCUT2D eigenvalue weighted by Crippen LogP contribution is 2.38. The molecule has 0 N–H and O–H groups in total. The molecular formula is C14H18O4-2. The molecule has 1 rings (SSSR count). The normalized spacial score (nSPS) is 31.4. The highest BCUT2D eigenvalue weighted by atomic mass is 16.4. The maximum absolute atomic E-state index is 11.3. The minimum Gasteiger partial charge on any atom is -0.550 e. The minimum absolute atomic E-state index is 0.347. The maximum Gasteiger partial charge on any atom is 0.0461 e. The summed E-state index contributed by atoms with van der Waals surface area (Å²) in [6, 6.07) is 0. The summed E-state index contributed by atoms with van der Waals surface area (Å²) >= 11 is 0. The van der Waals surface area contributed by atoms with Gasteiger partial charge < -0.3 is 19.8 Å².